The van der Waals surface area contributed by atoms with E-state index in [1.807, 2.05) is 6.07 Å². The Kier molecular flexibility index (Phi) is 3.54. The van der Waals surface area contributed by atoms with E-state index in [0.29, 0.717) is 18.0 Å². The maximum Gasteiger partial charge on any atom is 0.266 e. The van der Waals surface area contributed by atoms with Crippen LogP contribution in [-0.2, 0) is 10.0 Å². The number of hydrogen-bond acceptors (Lipinski definition) is 4. The molecule has 5 nitrogen and oxygen atoms in total. The van der Waals surface area contributed by atoms with E-state index < -0.39 is 10.0 Å². The van der Waals surface area contributed by atoms with Crippen LogP contribution in [0.2, 0.25) is 0 Å². The average Bonchev–Trinajstić information content (AvgIpc) is 2.46. The van der Waals surface area contributed by atoms with Crippen LogP contribution in [0.3, 0.4) is 0 Å². The summed E-state index contributed by atoms with van der Waals surface area (Å²) in [6.07, 6.45) is 0. The number of halogens is 1. The molecule has 0 fully saturated rings. The quantitative estimate of drug-likeness (QED) is 0.826. The minimum Gasteiger partial charge on any atom is -0.489 e. The maximum absolute atomic E-state index is 12.9. The number of hydrogen-bond donors (Lipinski definition) is 1. The van der Waals surface area contributed by atoms with Gasteiger partial charge in [0.1, 0.15) is 17.3 Å². The van der Waals surface area contributed by atoms with Crippen molar-refractivity contribution in [1.82, 2.24) is 0 Å². The molecule has 3 rings (SSSR count). The first kappa shape index (κ1) is 14.2. The van der Waals surface area contributed by atoms with Crippen LogP contribution < -0.4 is 14.8 Å². The zero-order valence-corrected chi connectivity index (χ0v) is 13.4. The van der Waals surface area contributed by atoms with E-state index >= 15 is 0 Å². The van der Waals surface area contributed by atoms with Crippen molar-refractivity contribution in [1.29, 1.82) is 0 Å². The SMILES string of the molecule is Nc1cc(Br)ccc1S(=O)(=O)N1CCOc2ccccc21. The van der Waals surface area contributed by atoms with Gasteiger partial charge in [-0.25, -0.2) is 8.42 Å². The molecule has 21 heavy (non-hydrogen) atoms. The summed E-state index contributed by atoms with van der Waals surface area (Å²) in [6.45, 7) is 0.571. The van der Waals surface area contributed by atoms with Gasteiger partial charge in [0.05, 0.1) is 17.9 Å². The fourth-order valence-electron chi connectivity index (χ4n) is 2.27. The number of nitrogens with zero attached hydrogens (tertiary/aromatic N) is 1. The second-order valence-electron chi connectivity index (χ2n) is 4.58. The number of nitrogens with two attached hydrogens (primary N) is 1. The van der Waals surface area contributed by atoms with E-state index in [-0.39, 0.29) is 17.1 Å². The number of ether oxygens (including phenoxy) is 1. The van der Waals surface area contributed by atoms with Gasteiger partial charge in [-0.05, 0) is 30.3 Å². The molecular formula is C14H13BrN2O3S. The molecule has 0 bridgehead atoms. The van der Waals surface area contributed by atoms with Crippen molar-refractivity contribution in [2.24, 2.45) is 0 Å². The van der Waals surface area contributed by atoms with Gasteiger partial charge in [-0.2, -0.15) is 0 Å². The zero-order chi connectivity index (χ0) is 15.0. The van der Waals surface area contributed by atoms with Crippen LogP contribution >= 0.6 is 15.9 Å². The highest BCUT2D eigenvalue weighted by Crippen LogP contribution is 2.36. The Morgan fingerprint density at radius 3 is 2.71 bits per heavy atom. The van der Waals surface area contributed by atoms with Gasteiger partial charge in [0.25, 0.3) is 10.0 Å². The molecule has 0 amide bonds. The molecule has 0 saturated heterocycles. The molecule has 0 spiro atoms. The molecule has 0 atom stereocenters. The van der Waals surface area contributed by atoms with E-state index in [0.717, 1.165) is 4.47 Å². The smallest absolute Gasteiger partial charge is 0.266 e. The van der Waals surface area contributed by atoms with Crippen LogP contribution in [0.25, 0.3) is 0 Å². The summed E-state index contributed by atoms with van der Waals surface area (Å²) >= 11 is 3.28. The summed E-state index contributed by atoms with van der Waals surface area (Å²) in [5.74, 6) is 0.558. The molecule has 1 heterocycles. The molecule has 1 aliphatic heterocycles. The Balaban J connectivity index is 2.12. The van der Waals surface area contributed by atoms with Crippen molar-refractivity contribution in [2.75, 3.05) is 23.2 Å². The Labute approximate surface area is 131 Å². The maximum atomic E-state index is 12.9. The predicted octanol–water partition coefficient (Wildman–Crippen LogP) is 2.62. The summed E-state index contributed by atoms with van der Waals surface area (Å²) in [6, 6.07) is 11.8. The molecule has 0 radical (unpaired) electrons. The van der Waals surface area contributed by atoms with Crippen LogP contribution in [0, 0.1) is 0 Å². The van der Waals surface area contributed by atoms with E-state index in [2.05, 4.69) is 15.9 Å². The van der Waals surface area contributed by atoms with Crippen LogP contribution in [0.5, 0.6) is 5.75 Å². The van der Waals surface area contributed by atoms with Crippen molar-refractivity contribution in [3.05, 3.63) is 46.9 Å². The Morgan fingerprint density at radius 2 is 1.95 bits per heavy atom. The number of benzene rings is 2. The minimum atomic E-state index is -3.72. The van der Waals surface area contributed by atoms with Crippen molar-refractivity contribution in [2.45, 2.75) is 4.90 Å². The second-order valence-corrected chi connectivity index (χ2v) is 7.32. The van der Waals surface area contributed by atoms with Gasteiger partial charge in [-0.15, -0.1) is 0 Å². The molecule has 2 N–H and O–H groups in total. The number of nitrogen functional groups attached to an aromatic ring is 1. The van der Waals surface area contributed by atoms with E-state index in [4.69, 9.17) is 10.5 Å². The number of rotatable bonds is 2. The molecule has 2 aromatic carbocycles. The average molecular weight is 369 g/mol. The summed E-state index contributed by atoms with van der Waals surface area (Å²) in [7, 11) is -3.72. The third-order valence-corrected chi connectivity index (χ3v) is 5.61. The van der Waals surface area contributed by atoms with Crippen LogP contribution in [0.4, 0.5) is 11.4 Å². The van der Waals surface area contributed by atoms with Gasteiger partial charge in [0, 0.05) is 4.47 Å². The lowest BCUT2D eigenvalue weighted by Crippen LogP contribution is -2.38. The number of anilines is 2. The fourth-order valence-corrected chi connectivity index (χ4v) is 4.20. The van der Waals surface area contributed by atoms with Gasteiger partial charge in [-0.3, -0.25) is 4.31 Å². The molecule has 7 heteroatoms. The van der Waals surface area contributed by atoms with Gasteiger partial charge >= 0.3 is 0 Å². The predicted molar refractivity (Wildman–Crippen MR) is 85.0 cm³/mol. The topological polar surface area (TPSA) is 72.6 Å². The highest BCUT2D eigenvalue weighted by molar-refractivity contribution is 9.10. The van der Waals surface area contributed by atoms with E-state index in [1.54, 1.807) is 30.3 Å². The van der Waals surface area contributed by atoms with E-state index in [1.165, 1.54) is 10.4 Å². The Hall–Kier alpha value is -1.73. The monoisotopic (exact) mass is 368 g/mol. The van der Waals surface area contributed by atoms with Crippen molar-refractivity contribution in [3.8, 4) is 5.75 Å². The number of para-hydroxylation sites is 2. The van der Waals surface area contributed by atoms with Crippen molar-refractivity contribution >= 4 is 37.3 Å². The summed E-state index contributed by atoms with van der Waals surface area (Å²) in [4.78, 5) is 0.0994. The van der Waals surface area contributed by atoms with Gasteiger partial charge in [0.15, 0.2) is 0 Å². The summed E-state index contributed by atoms with van der Waals surface area (Å²) in [5.41, 5.74) is 6.62. The summed E-state index contributed by atoms with van der Waals surface area (Å²) < 4.78 is 33.3. The number of fused-ring (bicyclic) bond motifs is 1. The first-order valence-electron chi connectivity index (χ1n) is 6.30. The normalized spacial score (nSPS) is 14.4. The molecule has 0 saturated carbocycles. The lowest BCUT2D eigenvalue weighted by Gasteiger charge is -2.30. The van der Waals surface area contributed by atoms with Crippen LogP contribution in [0.1, 0.15) is 0 Å². The zero-order valence-electron chi connectivity index (χ0n) is 11.0. The molecule has 0 aromatic heterocycles. The Morgan fingerprint density at radius 1 is 1.19 bits per heavy atom. The lowest BCUT2D eigenvalue weighted by atomic mass is 10.2. The van der Waals surface area contributed by atoms with E-state index in [9.17, 15) is 8.42 Å². The minimum absolute atomic E-state index is 0.0994. The number of sulfonamides is 1. The largest absolute Gasteiger partial charge is 0.489 e. The third kappa shape index (κ3) is 2.47. The van der Waals surface area contributed by atoms with Crippen LogP contribution in [-0.4, -0.2) is 21.6 Å². The standard InChI is InChI=1S/C14H13BrN2O3S/c15-10-5-6-14(11(16)9-10)21(18,19)17-7-8-20-13-4-2-1-3-12(13)17/h1-6,9H,7-8,16H2. The molecule has 2 aromatic rings. The van der Waals surface area contributed by atoms with Crippen molar-refractivity contribution < 1.29 is 13.2 Å². The van der Waals surface area contributed by atoms with Gasteiger partial charge in [0.2, 0.25) is 0 Å². The fraction of sp³-hybridized carbons (Fsp3) is 0.143. The van der Waals surface area contributed by atoms with Crippen molar-refractivity contribution in [3.63, 3.8) is 0 Å². The third-order valence-electron chi connectivity index (χ3n) is 3.23. The molecule has 0 aliphatic carbocycles. The molecule has 0 unspecified atom stereocenters. The lowest BCUT2D eigenvalue weighted by molar-refractivity contribution is 0.316. The molecular weight excluding hydrogens is 356 g/mol. The van der Waals surface area contributed by atoms with Gasteiger partial charge < -0.3 is 10.5 Å². The Bertz CT molecular complexity index is 793. The highest BCUT2D eigenvalue weighted by atomic mass is 79.9. The second kappa shape index (κ2) is 5.23. The highest BCUT2D eigenvalue weighted by Gasteiger charge is 2.31. The van der Waals surface area contributed by atoms with Crippen LogP contribution in [0.15, 0.2) is 51.8 Å². The van der Waals surface area contributed by atoms with Gasteiger partial charge in [-0.1, -0.05) is 28.1 Å². The molecule has 110 valence electrons. The first-order chi connectivity index (χ1) is 10.00. The summed E-state index contributed by atoms with van der Waals surface area (Å²) in [5, 5.41) is 0. The molecule has 1 aliphatic rings. The first-order valence-corrected chi connectivity index (χ1v) is 8.53.